The highest BCUT2D eigenvalue weighted by Gasteiger charge is 2.39. The minimum Gasteiger partial charge on any atom is -0.496 e. The molecule has 1 aromatic carbocycles. The Morgan fingerprint density at radius 3 is 2.95 bits per heavy atom. The molecule has 0 radical (unpaired) electrons. The first-order chi connectivity index (χ1) is 9.76. The summed E-state index contributed by atoms with van der Waals surface area (Å²) in [7, 11) is 1.75. The summed E-state index contributed by atoms with van der Waals surface area (Å²) in [6.45, 7) is 5.40. The number of hydrogen-bond acceptors (Lipinski definition) is 3. The van der Waals surface area contributed by atoms with Gasteiger partial charge in [-0.3, -0.25) is 4.90 Å². The first kappa shape index (κ1) is 16.9. The van der Waals surface area contributed by atoms with Gasteiger partial charge in [0.1, 0.15) is 18.1 Å². The monoisotopic (exact) mass is 375 g/mol. The van der Waals surface area contributed by atoms with E-state index in [4.69, 9.17) is 9.47 Å². The van der Waals surface area contributed by atoms with Crippen LogP contribution in [0.5, 0.6) is 11.5 Å². The normalized spacial score (nSPS) is 24.3. The lowest BCUT2D eigenvalue weighted by molar-refractivity contribution is 0.0641. The Balaban J connectivity index is 0.00000161. The van der Waals surface area contributed by atoms with Gasteiger partial charge in [-0.25, -0.2) is 0 Å². The predicted octanol–water partition coefficient (Wildman–Crippen LogP) is 4.23. The number of likely N-dealkylation sites (tertiary alicyclic amines) is 1. The zero-order valence-corrected chi connectivity index (χ0v) is 15.0. The van der Waals surface area contributed by atoms with Crippen LogP contribution >= 0.6 is 28.3 Å². The van der Waals surface area contributed by atoms with E-state index >= 15 is 0 Å². The molecule has 1 fully saturated rings. The van der Waals surface area contributed by atoms with E-state index in [1.807, 2.05) is 12.1 Å². The third-order valence-electron chi connectivity index (χ3n) is 4.50. The van der Waals surface area contributed by atoms with Crippen LogP contribution in [0.15, 0.2) is 16.6 Å². The third-order valence-corrected chi connectivity index (χ3v) is 5.13. The maximum absolute atomic E-state index is 6.07. The maximum atomic E-state index is 6.07. The van der Waals surface area contributed by atoms with Gasteiger partial charge in [0.25, 0.3) is 0 Å². The zero-order valence-electron chi connectivity index (χ0n) is 12.6. The van der Waals surface area contributed by atoms with E-state index < -0.39 is 0 Å². The molecule has 5 heteroatoms. The fraction of sp³-hybridized carbons (Fsp3) is 0.625. The van der Waals surface area contributed by atoms with Gasteiger partial charge in [-0.2, -0.15) is 0 Å². The quantitative estimate of drug-likeness (QED) is 0.788. The first-order valence-corrected chi connectivity index (χ1v) is 8.28. The Morgan fingerprint density at radius 2 is 2.24 bits per heavy atom. The summed E-state index contributed by atoms with van der Waals surface area (Å²) < 4.78 is 12.7. The highest BCUT2D eigenvalue weighted by atomic mass is 79.9. The number of ether oxygens (including phenoxy) is 2. The molecule has 3 rings (SSSR count). The summed E-state index contributed by atoms with van der Waals surface area (Å²) in [5, 5.41) is 0. The molecule has 118 valence electrons. The second-order valence-electron chi connectivity index (χ2n) is 5.66. The van der Waals surface area contributed by atoms with Crippen molar-refractivity contribution in [2.24, 2.45) is 0 Å². The molecule has 0 bridgehead atoms. The van der Waals surface area contributed by atoms with Crippen molar-refractivity contribution in [1.82, 2.24) is 4.90 Å². The van der Waals surface area contributed by atoms with Gasteiger partial charge >= 0.3 is 0 Å². The van der Waals surface area contributed by atoms with Gasteiger partial charge in [0.15, 0.2) is 0 Å². The Bertz CT molecular complexity index is 495. The van der Waals surface area contributed by atoms with Crippen LogP contribution in [0, 0.1) is 0 Å². The minimum atomic E-state index is 0. The number of rotatable bonds is 3. The standard InChI is InChI=1S/C16H22BrNO2.ClH/c1-3-8-18-9-4-5-11-13(18)10-20-16-12(17)6-7-14(19-2)15(11)16;/h6-7,11,13H,3-5,8-10H2,1-2H3;1H/t11-,13+;/m0./s1. The maximum Gasteiger partial charge on any atom is 0.140 e. The van der Waals surface area contributed by atoms with Crippen molar-refractivity contribution in [3.05, 3.63) is 22.2 Å². The van der Waals surface area contributed by atoms with Gasteiger partial charge in [-0.1, -0.05) is 6.92 Å². The van der Waals surface area contributed by atoms with Crippen LogP contribution in [0.4, 0.5) is 0 Å². The molecule has 1 saturated heterocycles. The largest absolute Gasteiger partial charge is 0.496 e. The van der Waals surface area contributed by atoms with Gasteiger partial charge in [0, 0.05) is 11.5 Å². The van der Waals surface area contributed by atoms with Crippen molar-refractivity contribution < 1.29 is 9.47 Å². The fourth-order valence-corrected chi connectivity index (χ4v) is 4.11. The molecule has 0 unspecified atom stereocenters. The van der Waals surface area contributed by atoms with E-state index in [0.29, 0.717) is 12.0 Å². The SMILES string of the molecule is CCCN1CCC[C@@H]2c3c(OC)ccc(Br)c3OC[C@H]21.Cl. The highest BCUT2D eigenvalue weighted by Crippen LogP contribution is 2.48. The molecule has 0 spiro atoms. The number of fused-ring (bicyclic) bond motifs is 3. The molecular formula is C16H23BrClNO2. The number of nitrogens with zero attached hydrogens (tertiary/aromatic N) is 1. The molecule has 1 aromatic rings. The molecule has 2 aliphatic heterocycles. The van der Waals surface area contributed by atoms with Gasteiger partial charge in [0.05, 0.1) is 17.6 Å². The van der Waals surface area contributed by atoms with Gasteiger partial charge in [-0.15, -0.1) is 12.4 Å². The highest BCUT2D eigenvalue weighted by molar-refractivity contribution is 9.10. The Kier molecular flexibility index (Phi) is 5.81. The molecule has 2 aliphatic rings. The molecule has 0 N–H and O–H groups in total. The van der Waals surface area contributed by atoms with E-state index in [1.54, 1.807) is 7.11 Å². The Labute approximate surface area is 141 Å². The van der Waals surface area contributed by atoms with Crippen LogP contribution in [0.25, 0.3) is 0 Å². The second kappa shape index (κ2) is 7.21. The van der Waals surface area contributed by atoms with E-state index in [1.165, 1.54) is 31.4 Å². The molecule has 0 amide bonds. The lowest BCUT2D eigenvalue weighted by Gasteiger charge is -2.45. The van der Waals surface area contributed by atoms with Gasteiger partial charge in [-0.05, 0) is 60.4 Å². The number of halogens is 2. The number of benzene rings is 1. The van der Waals surface area contributed by atoms with Crippen molar-refractivity contribution in [1.29, 1.82) is 0 Å². The van der Waals surface area contributed by atoms with Crippen LogP contribution in [-0.2, 0) is 0 Å². The average molecular weight is 377 g/mol. The van der Waals surface area contributed by atoms with Gasteiger partial charge < -0.3 is 9.47 Å². The van der Waals surface area contributed by atoms with Crippen LogP contribution in [0.1, 0.15) is 37.7 Å². The second-order valence-corrected chi connectivity index (χ2v) is 6.51. The van der Waals surface area contributed by atoms with Crippen molar-refractivity contribution in [3.8, 4) is 11.5 Å². The summed E-state index contributed by atoms with van der Waals surface area (Å²) in [4.78, 5) is 2.59. The Hall–Kier alpha value is -0.450. The lowest BCUT2D eigenvalue weighted by atomic mass is 9.81. The summed E-state index contributed by atoms with van der Waals surface area (Å²) >= 11 is 3.61. The Morgan fingerprint density at radius 1 is 1.43 bits per heavy atom. The summed E-state index contributed by atoms with van der Waals surface area (Å²) in [5.41, 5.74) is 1.26. The lowest BCUT2D eigenvalue weighted by Crippen LogP contribution is -2.49. The molecule has 2 heterocycles. The summed E-state index contributed by atoms with van der Waals surface area (Å²) in [6.07, 6.45) is 3.69. The molecule has 0 saturated carbocycles. The van der Waals surface area contributed by atoms with E-state index in [9.17, 15) is 0 Å². The number of piperidine rings is 1. The van der Waals surface area contributed by atoms with E-state index in [0.717, 1.165) is 29.1 Å². The van der Waals surface area contributed by atoms with Crippen molar-refractivity contribution >= 4 is 28.3 Å². The van der Waals surface area contributed by atoms with Crippen molar-refractivity contribution in [2.75, 3.05) is 26.8 Å². The number of hydrogen-bond donors (Lipinski definition) is 0. The van der Waals surface area contributed by atoms with Crippen molar-refractivity contribution in [2.45, 2.75) is 38.1 Å². The van der Waals surface area contributed by atoms with Crippen LogP contribution in [0.3, 0.4) is 0 Å². The summed E-state index contributed by atoms with van der Waals surface area (Å²) in [5.74, 6) is 2.49. The molecule has 2 atom stereocenters. The molecule has 0 aliphatic carbocycles. The number of methoxy groups -OCH3 is 1. The van der Waals surface area contributed by atoms with Crippen LogP contribution < -0.4 is 9.47 Å². The van der Waals surface area contributed by atoms with E-state index in [-0.39, 0.29) is 12.4 Å². The predicted molar refractivity (Wildman–Crippen MR) is 91.1 cm³/mol. The first-order valence-electron chi connectivity index (χ1n) is 7.49. The van der Waals surface area contributed by atoms with E-state index in [2.05, 4.69) is 27.8 Å². The fourth-order valence-electron chi connectivity index (χ4n) is 3.65. The average Bonchev–Trinajstić information content (AvgIpc) is 2.48. The molecule has 3 nitrogen and oxygen atoms in total. The van der Waals surface area contributed by atoms with Crippen LogP contribution in [0.2, 0.25) is 0 Å². The third kappa shape index (κ3) is 3.03. The molecule has 0 aromatic heterocycles. The van der Waals surface area contributed by atoms with Gasteiger partial charge in [0.2, 0.25) is 0 Å². The zero-order chi connectivity index (χ0) is 14.1. The smallest absolute Gasteiger partial charge is 0.140 e. The summed E-state index contributed by atoms with van der Waals surface area (Å²) in [6, 6.07) is 4.57. The topological polar surface area (TPSA) is 21.7 Å². The molecule has 21 heavy (non-hydrogen) atoms. The molecular weight excluding hydrogens is 354 g/mol. The van der Waals surface area contributed by atoms with Crippen LogP contribution in [-0.4, -0.2) is 37.7 Å². The minimum absolute atomic E-state index is 0. The van der Waals surface area contributed by atoms with Crippen molar-refractivity contribution in [3.63, 3.8) is 0 Å².